The van der Waals surface area contributed by atoms with Crippen molar-refractivity contribution in [1.82, 2.24) is 15.5 Å². The van der Waals surface area contributed by atoms with Crippen molar-refractivity contribution in [2.24, 2.45) is 5.92 Å². The van der Waals surface area contributed by atoms with Gasteiger partial charge >= 0.3 is 0 Å². The Labute approximate surface area is 137 Å². The highest BCUT2D eigenvalue weighted by atomic mass is 16.2. The number of rotatable bonds is 6. The van der Waals surface area contributed by atoms with E-state index >= 15 is 0 Å². The van der Waals surface area contributed by atoms with Crippen LogP contribution in [0, 0.1) is 5.92 Å². The summed E-state index contributed by atoms with van der Waals surface area (Å²) in [7, 11) is 1.81. The van der Waals surface area contributed by atoms with Gasteiger partial charge in [-0.1, -0.05) is 25.1 Å². The summed E-state index contributed by atoms with van der Waals surface area (Å²) < 4.78 is 0. The van der Waals surface area contributed by atoms with E-state index in [0.717, 1.165) is 13.1 Å². The van der Waals surface area contributed by atoms with Gasteiger partial charge in [0, 0.05) is 44.3 Å². The predicted octanol–water partition coefficient (Wildman–Crippen LogP) is 0.307. The van der Waals surface area contributed by atoms with Crippen LogP contribution in [0.1, 0.15) is 6.92 Å². The molecule has 1 aromatic carbocycles. The summed E-state index contributed by atoms with van der Waals surface area (Å²) >= 11 is 0. The van der Waals surface area contributed by atoms with Crippen molar-refractivity contribution in [1.29, 1.82) is 0 Å². The minimum absolute atomic E-state index is 0.0114. The number of anilines is 1. The zero-order valence-electron chi connectivity index (χ0n) is 13.9. The van der Waals surface area contributed by atoms with E-state index in [9.17, 15) is 9.59 Å². The molecule has 1 aromatic rings. The highest BCUT2D eigenvalue weighted by Crippen LogP contribution is 2.15. The molecule has 2 N–H and O–H groups in total. The number of hydrogen-bond donors (Lipinski definition) is 2. The van der Waals surface area contributed by atoms with Crippen LogP contribution in [0.2, 0.25) is 0 Å². The molecule has 126 valence electrons. The summed E-state index contributed by atoms with van der Waals surface area (Å²) in [6, 6.07) is 10.2. The Hall–Kier alpha value is -2.08. The van der Waals surface area contributed by atoms with Gasteiger partial charge in [-0.2, -0.15) is 0 Å². The standard InChI is InChI=1S/C17H26N4O2/c1-14(12-18-2)17(23)19-13-16(22)21-10-8-20(9-11-21)15-6-4-3-5-7-15/h3-7,14,18H,8-13H2,1-2H3,(H,19,23). The van der Waals surface area contributed by atoms with Gasteiger partial charge in [-0.15, -0.1) is 0 Å². The van der Waals surface area contributed by atoms with Gasteiger partial charge in [0.1, 0.15) is 0 Å². The summed E-state index contributed by atoms with van der Waals surface area (Å²) in [6.07, 6.45) is 0. The second kappa shape index (κ2) is 8.53. The summed E-state index contributed by atoms with van der Waals surface area (Å²) in [5.74, 6) is -0.235. The van der Waals surface area contributed by atoms with Gasteiger partial charge in [0.15, 0.2) is 0 Å². The fourth-order valence-corrected chi connectivity index (χ4v) is 2.70. The SMILES string of the molecule is CNCC(C)C(=O)NCC(=O)N1CCN(c2ccccc2)CC1. The van der Waals surface area contributed by atoms with Gasteiger partial charge in [0.25, 0.3) is 0 Å². The van der Waals surface area contributed by atoms with Crippen LogP contribution >= 0.6 is 0 Å². The van der Waals surface area contributed by atoms with Gasteiger partial charge in [0.05, 0.1) is 6.54 Å². The van der Waals surface area contributed by atoms with Gasteiger partial charge in [-0.05, 0) is 19.2 Å². The monoisotopic (exact) mass is 318 g/mol. The molecule has 0 bridgehead atoms. The van der Waals surface area contributed by atoms with Crippen molar-refractivity contribution in [2.75, 3.05) is 51.2 Å². The second-order valence-electron chi connectivity index (χ2n) is 5.88. The quantitative estimate of drug-likeness (QED) is 0.792. The van der Waals surface area contributed by atoms with Crippen LogP contribution in [0.25, 0.3) is 0 Å². The molecular weight excluding hydrogens is 292 g/mol. The van der Waals surface area contributed by atoms with Crippen molar-refractivity contribution < 1.29 is 9.59 Å². The fourth-order valence-electron chi connectivity index (χ4n) is 2.70. The first kappa shape index (κ1) is 17.3. The minimum atomic E-state index is -0.136. The number of para-hydroxylation sites is 1. The van der Waals surface area contributed by atoms with Crippen molar-refractivity contribution in [3.8, 4) is 0 Å². The molecule has 23 heavy (non-hydrogen) atoms. The Morgan fingerprint density at radius 3 is 2.39 bits per heavy atom. The third-order valence-corrected chi connectivity index (χ3v) is 4.13. The number of amides is 2. The molecule has 1 heterocycles. The van der Waals surface area contributed by atoms with E-state index in [4.69, 9.17) is 0 Å². The number of carbonyl (C=O) groups is 2. The maximum Gasteiger partial charge on any atom is 0.242 e. The lowest BCUT2D eigenvalue weighted by Crippen LogP contribution is -2.51. The highest BCUT2D eigenvalue weighted by molar-refractivity contribution is 5.85. The topological polar surface area (TPSA) is 64.7 Å². The highest BCUT2D eigenvalue weighted by Gasteiger charge is 2.22. The summed E-state index contributed by atoms with van der Waals surface area (Å²) in [6.45, 7) is 5.55. The number of piperazine rings is 1. The molecule has 1 saturated heterocycles. The second-order valence-corrected chi connectivity index (χ2v) is 5.88. The lowest BCUT2D eigenvalue weighted by molar-refractivity contribution is -0.133. The molecule has 2 amide bonds. The Kier molecular flexibility index (Phi) is 6.40. The van der Waals surface area contributed by atoms with Crippen LogP contribution in [0.5, 0.6) is 0 Å². The molecule has 1 aliphatic heterocycles. The van der Waals surface area contributed by atoms with Crippen LogP contribution in [0.15, 0.2) is 30.3 Å². The van der Waals surface area contributed by atoms with E-state index in [0.29, 0.717) is 19.6 Å². The third-order valence-electron chi connectivity index (χ3n) is 4.13. The average molecular weight is 318 g/mol. The Bertz CT molecular complexity index is 513. The van der Waals surface area contributed by atoms with Gasteiger partial charge in [-0.25, -0.2) is 0 Å². The number of benzene rings is 1. The van der Waals surface area contributed by atoms with Crippen LogP contribution in [0.4, 0.5) is 5.69 Å². The molecule has 0 radical (unpaired) electrons. The number of nitrogens with one attached hydrogen (secondary N) is 2. The van der Waals surface area contributed by atoms with Crippen LogP contribution in [-0.4, -0.2) is 63.0 Å². The zero-order chi connectivity index (χ0) is 16.7. The van der Waals surface area contributed by atoms with E-state index < -0.39 is 0 Å². The number of carbonyl (C=O) groups excluding carboxylic acids is 2. The van der Waals surface area contributed by atoms with Crippen molar-refractivity contribution in [3.05, 3.63) is 30.3 Å². The van der Waals surface area contributed by atoms with Crippen molar-refractivity contribution >= 4 is 17.5 Å². The summed E-state index contributed by atoms with van der Waals surface area (Å²) in [5.41, 5.74) is 1.19. The molecule has 6 heteroatoms. The van der Waals surface area contributed by atoms with Crippen LogP contribution in [0.3, 0.4) is 0 Å². The van der Waals surface area contributed by atoms with Crippen LogP contribution < -0.4 is 15.5 Å². The Morgan fingerprint density at radius 2 is 1.78 bits per heavy atom. The molecule has 1 fully saturated rings. The summed E-state index contributed by atoms with van der Waals surface area (Å²) in [5, 5.41) is 5.68. The average Bonchev–Trinajstić information content (AvgIpc) is 2.60. The molecular formula is C17H26N4O2. The number of nitrogens with zero attached hydrogens (tertiary/aromatic N) is 2. The molecule has 0 aliphatic carbocycles. The molecule has 0 spiro atoms. The largest absolute Gasteiger partial charge is 0.368 e. The third kappa shape index (κ3) is 4.96. The van der Waals surface area contributed by atoms with Crippen molar-refractivity contribution in [3.63, 3.8) is 0 Å². The lowest BCUT2D eigenvalue weighted by Gasteiger charge is -2.36. The minimum Gasteiger partial charge on any atom is -0.368 e. The molecule has 0 saturated carbocycles. The predicted molar refractivity (Wildman–Crippen MR) is 91.3 cm³/mol. The molecule has 0 aromatic heterocycles. The van der Waals surface area contributed by atoms with Crippen LogP contribution in [-0.2, 0) is 9.59 Å². The van der Waals surface area contributed by atoms with Gasteiger partial charge < -0.3 is 20.4 Å². The fraction of sp³-hybridized carbons (Fsp3) is 0.529. The Morgan fingerprint density at radius 1 is 1.13 bits per heavy atom. The molecule has 6 nitrogen and oxygen atoms in total. The molecule has 1 unspecified atom stereocenters. The first-order chi connectivity index (χ1) is 11.1. The maximum absolute atomic E-state index is 12.2. The molecule has 1 aliphatic rings. The molecule has 1 atom stereocenters. The first-order valence-electron chi connectivity index (χ1n) is 8.12. The number of hydrogen-bond acceptors (Lipinski definition) is 4. The van der Waals surface area contributed by atoms with E-state index in [-0.39, 0.29) is 24.3 Å². The normalized spacial score (nSPS) is 16.1. The molecule has 2 rings (SSSR count). The summed E-state index contributed by atoms with van der Waals surface area (Å²) in [4.78, 5) is 28.1. The van der Waals surface area contributed by atoms with E-state index in [1.54, 1.807) is 7.05 Å². The van der Waals surface area contributed by atoms with Crippen molar-refractivity contribution in [2.45, 2.75) is 6.92 Å². The smallest absolute Gasteiger partial charge is 0.242 e. The van der Waals surface area contributed by atoms with Gasteiger partial charge in [0.2, 0.25) is 11.8 Å². The van der Waals surface area contributed by atoms with E-state index in [2.05, 4.69) is 27.7 Å². The first-order valence-corrected chi connectivity index (χ1v) is 8.12. The van der Waals surface area contributed by atoms with Gasteiger partial charge in [-0.3, -0.25) is 9.59 Å². The lowest BCUT2D eigenvalue weighted by atomic mass is 10.1. The maximum atomic E-state index is 12.2. The zero-order valence-corrected chi connectivity index (χ0v) is 13.9. The van der Waals surface area contributed by atoms with E-state index in [1.807, 2.05) is 30.0 Å². The van der Waals surface area contributed by atoms with E-state index in [1.165, 1.54) is 5.69 Å². The Balaban J connectivity index is 1.74.